The molecule has 1 aliphatic carbocycles. The predicted octanol–water partition coefficient (Wildman–Crippen LogP) is 4.06. The lowest BCUT2D eigenvalue weighted by Gasteiger charge is -2.44. The largest absolute Gasteiger partial charge is 0.497 e. The van der Waals surface area contributed by atoms with Gasteiger partial charge in [-0.05, 0) is 81.6 Å². The summed E-state index contributed by atoms with van der Waals surface area (Å²) in [7, 11) is 5.99. The predicted molar refractivity (Wildman–Crippen MR) is 117 cm³/mol. The Morgan fingerprint density at radius 2 is 1.83 bits per heavy atom. The summed E-state index contributed by atoms with van der Waals surface area (Å²) in [6.45, 7) is 0.745. The van der Waals surface area contributed by atoms with Gasteiger partial charge in [0.1, 0.15) is 5.75 Å². The van der Waals surface area contributed by atoms with Crippen LogP contribution in [0.2, 0.25) is 0 Å². The Bertz CT molecular complexity index is 855. The number of nitrogens with zero attached hydrogens (tertiary/aromatic N) is 2. The molecule has 1 saturated carbocycles. The Labute approximate surface area is 173 Å². The van der Waals surface area contributed by atoms with E-state index in [0.29, 0.717) is 6.04 Å². The fourth-order valence-corrected chi connectivity index (χ4v) is 4.85. The molecule has 1 N–H and O–H groups in total. The van der Waals surface area contributed by atoms with Crippen LogP contribution in [0.4, 0.5) is 10.5 Å². The van der Waals surface area contributed by atoms with Crippen LogP contribution < -0.4 is 15.0 Å². The number of hydrogen-bond acceptors (Lipinski definition) is 3. The maximum atomic E-state index is 12.8. The average molecular weight is 394 g/mol. The topological polar surface area (TPSA) is 44.8 Å². The Morgan fingerprint density at radius 3 is 2.48 bits per heavy atom. The number of ether oxygens (including phenoxy) is 1. The molecule has 2 aliphatic rings. The molecule has 0 atom stereocenters. The van der Waals surface area contributed by atoms with Gasteiger partial charge in [0.15, 0.2) is 0 Å². The van der Waals surface area contributed by atoms with Crippen molar-refractivity contribution in [3.8, 4) is 5.75 Å². The summed E-state index contributed by atoms with van der Waals surface area (Å²) in [5, 5.41) is 3.11. The minimum atomic E-state index is -0.0949. The Morgan fingerprint density at radius 1 is 1.10 bits per heavy atom. The monoisotopic (exact) mass is 393 g/mol. The number of methoxy groups -OCH3 is 1. The zero-order valence-corrected chi connectivity index (χ0v) is 17.6. The Hall–Kier alpha value is -2.53. The van der Waals surface area contributed by atoms with Gasteiger partial charge in [0.25, 0.3) is 0 Å². The fourth-order valence-electron chi connectivity index (χ4n) is 4.85. The number of anilines is 1. The number of amides is 2. The number of benzene rings is 2. The Kier molecular flexibility index (Phi) is 5.50. The maximum Gasteiger partial charge on any atom is 0.322 e. The van der Waals surface area contributed by atoms with Crippen LogP contribution in [0.15, 0.2) is 48.5 Å². The minimum absolute atomic E-state index is 0.0369. The molecule has 2 aromatic carbocycles. The van der Waals surface area contributed by atoms with Crippen molar-refractivity contribution in [2.24, 2.45) is 0 Å². The molecular weight excluding hydrogens is 362 g/mol. The van der Waals surface area contributed by atoms with Crippen LogP contribution in [0.25, 0.3) is 0 Å². The summed E-state index contributed by atoms with van der Waals surface area (Å²) in [4.78, 5) is 17.1. The third-order valence-corrected chi connectivity index (χ3v) is 6.60. The number of carbonyl (C=O) groups excluding carboxylic acids is 1. The van der Waals surface area contributed by atoms with Crippen LogP contribution in [0.5, 0.6) is 5.75 Å². The van der Waals surface area contributed by atoms with Crippen LogP contribution in [0.1, 0.15) is 36.8 Å². The van der Waals surface area contributed by atoms with Crippen LogP contribution >= 0.6 is 0 Å². The minimum Gasteiger partial charge on any atom is -0.497 e. The zero-order valence-electron chi connectivity index (χ0n) is 17.6. The molecule has 0 aromatic heterocycles. The van der Waals surface area contributed by atoms with Gasteiger partial charge in [0.2, 0.25) is 0 Å². The highest BCUT2D eigenvalue weighted by molar-refractivity contribution is 5.96. The first-order valence-electron chi connectivity index (χ1n) is 10.5. The van der Waals surface area contributed by atoms with Gasteiger partial charge in [-0.3, -0.25) is 4.90 Å². The van der Waals surface area contributed by atoms with E-state index in [4.69, 9.17) is 4.74 Å². The summed E-state index contributed by atoms with van der Waals surface area (Å²) in [6, 6.07) is 17.3. The first kappa shape index (κ1) is 19.8. The van der Waals surface area contributed by atoms with Crippen molar-refractivity contribution in [2.75, 3.05) is 32.6 Å². The molecule has 2 fully saturated rings. The summed E-state index contributed by atoms with van der Waals surface area (Å²) in [5.41, 5.74) is 3.36. The average Bonchev–Trinajstić information content (AvgIpc) is 3.04. The molecule has 5 heteroatoms. The van der Waals surface area contributed by atoms with Crippen molar-refractivity contribution in [3.63, 3.8) is 0 Å². The van der Waals surface area contributed by atoms with Crippen LogP contribution in [0.3, 0.4) is 0 Å². The number of hydrogen-bond donors (Lipinski definition) is 1. The number of nitrogens with one attached hydrogen (secondary N) is 1. The van der Waals surface area contributed by atoms with Crippen molar-refractivity contribution in [1.82, 2.24) is 10.2 Å². The van der Waals surface area contributed by atoms with Gasteiger partial charge in [-0.15, -0.1) is 0 Å². The van der Waals surface area contributed by atoms with Gasteiger partial charge in [0.05, 0.1) is 12.6 Å². The van der Waals surface area contributed by atoms with Crippen LogP contribution in [-0.4, -0.2) is 50.3 Å². The zero-order chi connectivity index (χ0) is 20.4. The first-order chi connectivity index (χ1) is 14.0. The van der Waals surface area contributed by atoms with Crippen LogP contribution in [0, 0.1) is 0 Å². The normalized spacial score (nSPS) is 24.2. The lowest BCUT2D eigenvalue weighted by atomic mass is 9.78. The van der Waals surface area contributed by atoms with Crippen molar-refractivity contribution in [2.45, 2.75) is 43.7 Å². The molecule has 29 heavy (non-hydrogen) atoms. The lowest BCUT2D eigenvalue weighted by molar-refractivity contribution is 0.180. The molecule has 1 spiro atoms. The van der Waals surface area contributed by atoms with E-state index in [1.165, 1.54) is 11.1 Å². The summed E-state index contributed by atoms with van der Waals surface area (Å²) >= 11 is 0. The quantitative estimate of drug-likeness (QED) is 0.833. The summed E-state index contributed by atoms with van der Waals surface area (Å²) in [6.07, 6.45) is 5.17. The molecule has 1 heterocycles. The van der Waals surface area contributed by atoms with Gasteiger partial charge in [0, 0.05) is 18.3 Å². The highest BCUT2D eigenvalue weighted by Gasteiger charge is 2.48. The van der Waals surface area contributed by atoms with Crippen molar-refractivity contribution >= 4 is 11.7 Å². The van der Waals surface area contributed by atoms with E-state index in [1.807, 2.05) is 17.0 Å². The van der Waals surface area contributed by atoms with E-state index in [1.54, 1.807) is 7.11 Å². The number of carbonyl (C=O) groups is 1. The van der Waals surface area contributed by atoms with Crippen molar-refractivity contribution in [3.05, 3.63) is 59.7 Å². The van der Waals surface area contributed by atoms with E-state index in [2.05, 4.69) is 60.7 Å². The second-order valence-electron chi connectivity index (χ2n) is 8.61. The highest BCUT2D eigenvalue weighted by Crippen LogP contribution is 2.40. The number of urea groups is 1. The van der Waals surface area contributed by atoms with Gasteiger partial charge in [-0.2, -0.15) is 0 Å². The molecule has 0 unspecified atom stereocenters. The number of rotatable bonds is 5. The van der Waals surface area contributed by atoms with E-state index >= 15 is 0 Å². The van der Waals surface area contributed by atoms with E-state index in [9.17, 15) is 4.79 Å². The molecule has 2 amide bonds. The third kappa shape index (κ3) is 3.97. The Balaban J connectivity index is 1.55. The smallest absolute Gasteiger partial charge is 0.322 e. The van der Waals surface area contributed by atoms with Gasteiger partial charge in [-0.1, -0.05) is 24.3 Å². The molecule has 1 aliphatic heterocycles. The van der Waals surface area contributed by atoms with Crippen LogP contribution in [-0.2, 0) is 6.42 Å². The first-order valence-corrected chi connectivity index (χ1v) is 10.5. The van der Waals surface area contributed by atoms with Gasteiger partial charge >= 0.3 is 6.03 Å². The van der Waals surface area contributed by atoms with E-state index in [0.717, 1.165) is 50.1 Å². The molecule has 0 bridgehead atoms. The second-order valence-corrected chi connectivity index (χ2v) is 8.61. The van der Waals surface area contributed by atoms with Gasteiger partial charge < -0.3 is 15.0 Å². The summed E-state index contributed by atoms with van der Waals surface area (Å²) in [5.74, 6) is 0.867. The van der Waals surface area contributed by atoms with Crippen molar-refractivity contribution in [1.29, 1.82) is 0 Å². The second kappa shape index (κ2) is 8.07. The third-order valence-electron chi connectivity index (χ3n) is 6.60. The standard InChI is InChI=1S/C24H31N3O2/c1-26(2)20-11-13-24(14-12-20)17-25-23(28)27(24)21-6-4-5-19(16-21)15-18-7-9-22(29-3)10-8-18/h4-10,16,20H,11-15,17H2,1-3H3,(H,25,28). The lowest BCUT2D eigenvalue weighted by Crippen LogP contribution is -2.52. The molecule has 154 valence electrons. The van der Waals surface area contributed by atoms with Gasteiger partial charge in [-0.25, -0.2) is 4.79 Å². The molecule has 4 rings (SSSR count). The SMILES string of the molecule is COc1ccc(Cc2cccc(N3C(=O)NCC34CCC(N(C)C)CC4)c2)cc1. The molecule has 0 radical (unpaired) electrons. The fraction of sp³-hybridized carbons (Fsp3) is 0.458. The van der Waals surface area contributed by atoms with Crippen molar-refractivity contribution < 1.29 is 9.53 Å². The molecular formula is C24H31N3O2. The van der Waals surface area contributed by atoms with E-state index < -0.39 is 0 Å². The van der Waals surface area contributed by atoms with E-state index in [-0.39, 0.29) is 11.6 Å². The molecule has 2 aromatic rings. The highest BCUT2D eigenvalue weighted by atomic mass is 16.5. The summed E-state index contributed by atoms with van der Waals surface area (Å²) < 4.78 is 5.25. The molecule has 5 nitrogen and oxygen atoms in total. The molecule has 1 saturated heterocycles. The maximum absolute atomic E-state index is 12.8.